The van der Waals surface area contributed by atoms with Gasteiger partial charge in [-0.2, -0.15) is 10.1 Å². The Hall–Kier alpha value is -3.28. The number of para-hydroxylation sites is 1. The summed E-state index contributed by atoms with van der Waals surface area (Å²) in [7, 11) is 0. The molecule has 5 rings (SSSR count). The van der Waals surface area contributed by atoms with E-state index in [9.17, 15) is 4.39 Å². The van der Waals surface area contributed by atoms with E-state index in [1.54, 1.807) is 22.8 Å². The number of nitrogens with zero attached hydrogens (tertiary/aromatic N) is 4. The molecular formula is C17H10FN5. The predicted octanol–water partition coefficient (Wildman–Crippen LogP) is 3.56. The Labute approximate surface area is 129 Å². The summed E-state index contributed by atoms with van der Waals surface area (Å²) in [4.78, 5) is 12.3. The molecule has 0 saturated heterocycles. The number of aromatic amines is 1. The van der Waals surface area contributed by atoms with Crippen molar-refractivity contribution in [3.63, 3.8) is 0 Å². The predicted molar refractivity (Wildman–Crippen MR) is 85.5 cm³/mol. The van der Waals surface area contributed by atoms with Crippen LogP contribution < -0.4 is 0 Å². The van der Waals surface area contributed by atoms with Crippen LogP contribution >= 0.6 is 0 Å². The first-order valence-electron chi connectivity index (χ1n) is 7.18. The number of hydrogen-bond acceptors (Lipinski definition) is 3. The average Bonchev–Trinajstić information content (AvgIpc) is 3.13. The minimum atomic E-state index is -0.270. The molecule has 110 valence electrons. The summed E-state index contributed by atoms with van der Waals surface area (Å²) < 4.78 is 14.7. The third-order valence-electron chi connectivity index (χ3n) is 3.89. The van der Waals surface area contributed by atoms with Crippen LogP contribution in [0.1, 0.15) is 0 Å². The molecule has 1 N–H and O–H groups in total. The first-order chi connectivity index (χ1) is 11.3. The van der Waals surface area contributed by atoms with Crippen LogP contribution in [-0.4, -0.2) is 24.6 Å². The third-order valence-corrected chi connectivity index (χ3v) is 3.89. The highest BCUT2D eigenvalue weighted by Crippen LogP contribution is 2.24. The summed E-state index contributed by atoms with van der Waals surface area (Å²) in [5.41, 5.74) is 4.04. The molecule has 0 bridgehead atoms. The zero-order chi connectivity index (χ0) is 15.4. The lowest BCUT2D eigenvalue weighted by Gasteiger charge is -1.94. The second-order valence-electron chi connectivity index (χ2n) is 5.36. The van der Waals surface area contributed by atoms with Crippen molar-refractivity contribution in [2.24, 2.45) is 0 Å². The molecule has 0 radical (unpaired) electrons. The van der Waals surface area contributed by atoms with Gasteiger partial charge in [0.15, 0.2) is 5.65 Å². The van der Waals surface area contributed by atoms with Gasteiger partial charge in [0.1, 0.15) is 11.3 Å². The van der Waals surface area contributed by atoms with Crippen LogP contribution in [0.15, 0.2) is 54.7 Å². The monoisotopic (exact) mass is 303 g/mol. The van der Waals surface area contributed by atoms with E-state index >= 15 is 0 Å². The molecule has 0 spiro atoms. The van der Waals surface area contributed by atoms with Gasteiger partial charge >= 0.3 is 0 Å². The number of rotatable bonds is 1. The van der Waals surface area contributed by atoms with Gasteiger partial charge in [-0.15, -0.1) is 0 Å². The molecule has 3 heterocycles. The molecule has 5 nitrogen and oxygen atoms in total. The molecule has 0 saturated carbocycles. The third kappa shape index (κ3) is 1.81. The molecule has 5 aromatic rings. The van der Waals surface area contributed by atoms with Crippen LogP contribution in [0.4, 0.5) is 4.39 Å². The molecule has 0 atom stereocenters. The first kappa shape index (κ1) is 12.3. The standard InChI is InChI=1S/C17H10FN5/c18-11-7-5-10(6-8-11)14-9-23-17(20-14)21-16-15(22-23)12-3-1-2-4-13(12)19-16/h1-9H,(H,19,20,21). The fourth-order valence-corrected chi connectivity index (χ4v) is 2.77. The zero-order valence-corrected chi connectivity index (χ0v) is 11.9. The highest BCUT2D eigenvalue weighted by Gasteiger charge is 2.11. The van der Waals surface area contributed by atoms with Crippen molar-refractivity contribution in [2.75, 3.05) is 0 Å². The molecule has 23 heavy (non-hydrogen) atoms. The van der Waals surface area contributed by atoms with Crippen LogP contribution in [0.2, 0.25) is 0 Å². The van der Waals surface area contributed by atoms with Crippen molar-refractivity contribution < 1.29 is 4.39 Å². The van der Waals surface area contributed by atoms with Gasteiger partial charge in [0.2, 0.25) is 0 Å². The first-order valence-corrected chi connectivity index (χ1v) is 7.18. The maximum Gasteiger partial charge on any atom is 0.253 e. The Morgan fingerprint density at radius 3 is 2.65 bits per heavy atom. The lowest BCUT2D eigenvalue weighted by atomic mass is 10.2. The molecule has 2 aromatic carbocycles. The minimum Gasteiger partial charge on any atom is -0.338 e. The highest BCUT2D eigenvalue weighted by molar-refractivity contribution is 6.03. The fraction of sp³-hybridized carbons (Fsp3) is 0. The van der Waals surface area contributed by atoms with Crippen molar-refractivity contribution in [2.45, 2.75) is 0 Å². The van der Waals surface area contributed by atoms with Crippen molar-refractivity contribution >= 4 is 27.8 Å². The maximum absolute atomic E-state index is 13.0. The van der Waals surface area contributed by atoms with Crippen molar-refractivity contribution in [1.29, 1.82) is 0 Å². The Kier molecular flexibility index (Phi) is 2.33. The lowest BCUT2D eigenvalue weighted by molar-refractivity contribution is 0.628. The van der Waals surface area contributed by atoms with Gasteiger partial charge in [-0.25, -0.2) is 13.9 Å². The Morgan fingerprint density at radius 2 is 1.78 bits per heavy atom. The van der Waals surface area contributed by atoms with Gasteiger partial charge in [-0.05, 0) is 30.3 Å². The number of nitrogens with one attached hydrogen (secondary N) is 1. The molecule has 0 amide bonds. The molecule has 6 heteroatoms. The smallest absolute Gasteiger partial charge is 0.253 e. The number of benzene rings is 2. The Balaban J connectivity index is 1.76. The van der Waals surface area contributed by atoms with E-state index in [0.29, 0.717) is 17.1 Å². The quantitative estimate of drug-likeness (QED) is 0.515. The van der Waals surface area contributed by atoms with Crippen molar-refractivity contribution in [3.8, 4) is 11.3 Å². The second-order valence-corrected chi connectivity index (χ2v) is 5.36. The minimum absolute atomic E-state index is 0.270. The number of hydrogen-bond donors (Lipinski definition) is 1. The number of fused-ring (bicyclic) bond motifs is 4. The van der Waals surface area contributed by atoms with E-state index in [2.05, 4.69) is 20.1 Å². The summed E-state index contributed by atoms with van der Waals surface area (Å²) in [6.45, 7) is 0. The molecule has 0 aliphatic heterocycles. The van der Waals surface area contributed by atoms with E-state index < -0.39 is 0 Å². The van der Waals surface area contributed by atoms with Gasteiger partial charge in [-0.3, -0.25) is 0 Å². The van der Waals surface area contributed by atoms with Crippen LogP contribution in [0, 0.1) is 5.82 Å². The van der Waals surface area contributed by atoms with E-state index in [4.69, 9.17) is 0 Å². The summed E-state index contributed by atoms with van der Waals surface area (Å²) in [5.74, 6) is 0.233. The number of aromatic nitrogens is 5. The SMILES string of the molecule is Fc1ccc(-c2cn3nc4c(nc3n2)[nH]c2ccccc24)cc1. The van der Waals surface area contributed by atoms with E-state index in [1.807, 2.05) is 24.3 Å². The molecular weight excluding hydrogens is 293 g/mol. The highest BCUT2D eigenvalue weighted by atomic mass is 19.1. The second kappa shape index (κ2) is 4.36. The lowest BCUT2D eigenvalue weighted by Crippen LogP contribution is -1.93. The van der Waals surface area contributed by atoms with E-state index in [0.717, 1.165) is 22.0 Å². The van der Waals surface area contributed by atoms with Crippen molar-refractivity contribution in [3.05, 3.63) is 60.5 Å². The van der Waals surface area contributed by atoms with Gasteiger partial charge < -0.3 is 4.98 Å². The fourth-order valence-electron chi connectivity index (χ4n) is 2.77. The number of imidazole rings is 1. The summed E-state index contributed by atoms with van der Waals surface area (Å²) in [6.07, 6.45) is 1.80. The molecule has 0 fully saturated rings. The Morgan fingerprint density at radius 1 is 0.957 bits per heavy atom. The van der Waals surface area contributed by atoms with Gasteiger partial charge in [0.05, 0.1) is 11.9 Å². The topological polar surface area (TPSA) is 58.9 Å². The summed E-state index contributed by atoms with van der Waals surface area (Å²) in [6, 6.07) is 14.2. The molecule has 3 aromatic heterocycles. The van der Waals surface area contributed by atoms with Crippen LogP contribution in [0.3, 0.4) is 0 Å². The normalized spacial score (nSPS) is 11.7. The molecule has 0 aliphatic carbocycles. The van der Waals surface area contributed by atoms with Crippen molar-refractivity contribution in [1.82, 2.24) is 24.6 Å². The van der Waals surface area contributed by atoms with Crippen LogP contribution in [0.25, 0.3) is 39.1 Å². The van der Waals surface area contributed by atoms with Gasteiger partial charge in [0.25, 0.3) is 5.78 Å². The average molecular weight is 303 g/mol. The zero-order valence-electron chi connectivity index (χ0n) is 11.9. The van der Waals surface area contributed by atoms with Gasteiger partial charge in [0, 0.05) is 16.5 Å². The largest absolute Gasteiger partial charge is 0.338 e. The number of halogens is 1. The number of H-pyrrole nitrogens is 1. The van der Waals surface area contributed by atoms with E-state index in [1.165, 1.54) is 12.1 Å². The van der Waals surface area contributed by atoms with Crippen LogP contribution in [0.5, 0.6) is 0 Å². The maximum atomic E-state index is 13.0. The van der Waals surface area contributed by atoms with Gasteiger partial charge in [-0.1, -0.05) is 18.2 Å². The molecule has 0 unspecified atom stereocenters. The molecule has 0 aliphatic rings. The van der Waals surface area contributed by atoms with Crippen LogP contribution in [-0.2, 0) is 0 Å². The summed E-state index contributed by atoms with van der Waals surface area (Å²) in [5, 5.41) is 5.64. The van der Waals surface area contributed by atoms with E-state index in [-0.39, 0.29) is 5.82 Å². The Bertz CT molecular complexity index is 1170. The summed E-state index contributed by atoms with van der Waals surface area (Å²) >= 11 is 0.